The molecule has 1 fully saturated rings. The molecule has 1 amide bonds. The molecule has 5 heteroatoms. The van der Waals surface area contributed by atoms with Gasteiger partial charge in [-0.2, -0.15) is 0 Å². The van der Waals surface area contributed by atoms with Crippen molar-refractivity contribution in [1.82, 2.24) is 10.9 Å². The van der Waals surface area contributed by atoms with Crippen LogP contribution < -0.4 is 10.9 Å². The van der Waals surface area contributed by atoms with Crippen molar-refractivity contribution in [3.63, 3.8) is 0 Å². The summed E-state index contributed by atoms with van der Waals surface area (Å²) in [5.74, 6) is 0. The molecule has 0 aromatic heterocycles. The molecule has 0 aliphatic heterocycles. The van der Waals surface area contributed by atoms with Crippen LogP contribution in [0.4, 0.5) is 4.79 Å². The van der Waals surface area contributed by atoms with Crippen LogP contribution in [0.25, 0.3) is 0 Å². The van der Waals surface area contributed by atoms with E-state index in [1.807, 2.05) is 27.7 Å². The van der Waals surface area contributed by atoms with Crippen molar-refractivity contribution in [3.05, 3.63) is 0 Å². The van der Waals surface area contributed by atoms with Gasteiger partial charge in [0.1, 0.15) is 5.60 Å². The van der Waals surface area contributed by atoms with E-state index in [1.54, 1.807) is 0 Å². The Hall–Kier alpha value is -0.810. The first-order valence-electron chi connectivity index (χ1n) is 7.09. The molecule has 3 unspecified atom stereocenters. The van der Waals surface area contributed by atoms with Gasteiger partial charge in [0.25, 0.3) is 0 Å². The molecule has 0 spiro atoms. The Morgan fingerprint density at radius 3 is 2.47 bits per heavy atom. The Balaban J connectivity index is 2.41. The summed E-state index contributed by atoms with van der Waals surface area (Å²) in [7, 11) is 0. The fourth-order valence-electron chi connectivity index (χ4n) is 2.42. The van der Waals surface area contributed by atoms with Crippen molar-refractivity contribution in [1.29, 1.82) is 0 Å². The number of hydrogen-bond acceptors (Lipinski definition) is 4. The highest BCUT2D eigenvalue weighted by atomic mass is 16.6. The summed E-state index contributed by atoms with van der Waals surface area (Å²) in [4.78, 5) is 11.6. The van der Waals surface area contributed by atoms with Gasteiger partial charge in [0.2, 0.25) is 0 Å². The molecule has 0 radical (unpaired) electrons. The maximum atomic E-state index is 11.6. The Labute approximate surface area is 116 Å². The van der Waals surface area contributed by atoms with Gasteiger partial charge in [-0.15, -0.1) is 0 Å². The minimum absolute atomic E-state index is 0.0605. The second-order valence-electron chi connectivity index (χ2n) is 6.36. The number of amides is 1. The summed E-state index contributed by atoms with van der Waals surface area (Å²) < 4.78 is 10.9. The van der Waals surface area contributed by atoms with Crippen LogP contribution in [0, 0.1) is 5.41 Å². The average molecular weight is 272 g/mol. The molecule has 0 aromatic rings. The smallest absolute Gasteiger partial charge is 0.422 e. The van der Waals surface area contributed by atoms with Crippen LogP contribution in [0.1, 0.15) is 54.4 Å². The topological polar surface area (TPSA) is 59.6 Å². The van der Waals surface area contributed by atoms with Gasteiger partial charge in [-0.25, -0.2) is 10.2 Å². The van der Waals surface area contributed by atoms with Crippen LogP contribution in [0.2, 0.25) is 0 Å². The van der Waals surface area contributed by atoms with E-state index in [4.69, 9.17) is 9.47 Å². The molecule has 0 saturated heterocycles. The molecular formula is C14H28N2O3. The first-order valence-corrected chi connectivity index (χ1v) is 7.09. The van der Waals surface area contributed by atoms with Crippen LogP contribution >= 0.6 is 0 Å². The number of hydrogen-bond donors (Lipinski definition) is 2. The predicted molar refractivity (Wildman–Crippen MR) is 74.7 cm³/mol. The van der Waals surface area contributed by atoms with Crippen molar-refractivity contribution in [2.24, 2.45) is 5.41 Å². The normalized spacial score (nSPS) is 30.6. The number of hydrazine groups is 1. The van der Waals surface area contributed by atoms with Crippen LogP contribution in [0.15, 0.2) is 0 Å². The van der Waals surface area contributed by atoms with Gasteiger partial charge in [-0.05, 0) is 40.5 Å². The van der Waals surface area contributed by atoms with E-state index in [9.17, 15) is 4.79 Å². The van der Waals surface area contributed by atoms with Gasteiger partial charge in [-0.3, -0.25) is 5.43 Å². The van der Waals surface area contributed by atoms with E-state index in [2.05, 4.69) is 24.7 Å². The lowest BCUT2D eigenvalue weighted by Gasteiger charge is -2.53. The Morgan fingerprint density at radius 2 is 2.00 bits per heavy atom. The molecule has 3 atom stereocenters. The summed E-state index contributed by atoms with van der Waals surface area (Å²) >= 11 is 0. The molecule has 1 aliphatic rings. The van der Waals surface area contributed by atoms with Gasteiger partial charge in [0, 0.05) is 18.1 Å². The number of ether oxygens (including phenoxy) is 2. The van der Waals surface area contributed by atoms with Gasteiger partial charge in [-0.1, -0.05) is 13.8 Å². The summed E-state index contributed by atoms with van der Waals surface area (Å²) in [6.45, 7) is 12.6. The number of nitrogens with one attached hydrogen (secondary N) is 2. The van der Waals surface area contributed by atoms with E-state index in [0.717, 1.165) is 19.4 Å². The zero-order valence-corrected chi connectivity index (χ0v) is 13.0. The van der Waals surface area contributed by atoms with Crippen molar-refractivity contribution in [2.75, 3.05) is 6.61 Å². The van der Waals surface area contributed by atoms with Crippen molar-refractivity contribution in [3.8, 4) is 0 Å². The summed E-state index contributed by atoms with van der Waals surface area (Å²) in [6, 6.07) is 0.224. The molecule has 0 bridgehead atoms. The molecule has 112 valence electrons. The third-order valence-corrected chi connectivity index (χ3v) is 3.86. The van der Waals surface area contributed by atoms with Crippen LogP contribution in [0.3, 0.4) is 0 Å². The molecule has 19 heavy (non-hydrogen) atoms. The van der Waals surface area contributed by atoms with E-state index < -0.39 is 11.7 Å². The molecule has 0 aromatic carbocycles. The third kappa shape index (κ3) is 4.08. The number of carbonyl (C=O) groups is 1. The van der Waals surface area contributed by atoms with E-state index in [-0.39, 0.29) is 17.6 Å². The summed E-state index contributed by atoms with van der Waals surface area (Å²) in [5.41, 5.74) is 5.28. The van der Waals surface area contributed by atoms with Gasteiger partial charge in [0.15, 0.2) is 0 Å². The molecule has 1 rings (SSSR count). The second kappa shape index (κ2) is 6.09. The van der Waals surface area contributed by atoms with Crippen molar-refractivity contribution in [2.45, 2.75) is 72.1 Å². The lowest BCUT2D eigenvalue weighted by Crippen LogP contribution is -2.65. The second-order valence-corrected chi connectivity index (χ2v) is 6.36. The highest BCUT2D eigenvalue weighted by Gasteiger charge is 2.51. The zero-order chi connectivity index (χ0) is 14.7. The van der Waals surface area contributed by atoms with Gasteiger partial charge < -0.3 is 9.47 Å². The Morgan fingerprint density at radius 1 is 1.37 bits per heavy atom. The van der Waals surface area contributed by atoms with Crippen molar-refractivity contribution >= 4 is 6.09 Å². The Kier molecular flexibility index (Phi) is 5.21. The van der Waals surface area contributed by atoms with E-state index in [0.29, 0.717) is 0 Å². The standard InChI is InChI=1S/C14H28N2O3/c1-7-14(6)10(9-11(14)18-8-2)15-16-12(17)19-13(3,4)5/h10-11,15H,7-9H2,1-6H3,(H,16,17). The highest BCUT2D eigenvalue weighted by molar-refractivity contribution is 5.67. The lowest BCUT2D eigenvalue weighted by molar-refractivity contribution is -0.128. The van der Waals surface area contributed by atoms with Crippen LogP contribution in [-0.2, 0) is 9.47 Å². The largest absolute Gasteiger partial charge is 0.443 e. The fourth-order valence-corrected chi connectivity index (χ4v) is 2.42. The minimum atomic E-state index is -0.479. The molecule has 5 nitrogen and oxygen atoms in total. The molecule has 1 saturated carbocycles. The predicted octanol–water partition coefficient (Wildman–Crippen LogP) is 2.61. The van der Waals surface area contributed by atoms with Gasteiger partial charge >= 0.3 is 6.09 Å². The highest BCUT2D eigenvalue weighted by Crippen LogP contribution is 2.45. The summed E-state index contributed by atoms with van der Waals surface area (Å²) in [5, 5.41) is 0. The van der Waals surface area contributed by atoms with Crippen LogP contribution in [0.5, 0.6) is 0 Å². The quantitative estimate of drug-likeness (QED) is 0.755. The Bertz CT molecular complexity index is 314. The maximum Gasteiger partial charge on any atom is 0.422 e. The van der Waals surface area contributed by atoms with Crippen LogP contribution in [-0.4, -0.2) is 30.4 Å². The SMILES string of the molecule is CCOC1CC(NNC(=O)OC(C)(C)C)C1(C)CC. The molecule has 0 heterocycles. The van der Waals surface area contributed by atoms with Crippen molar-refractivity contribution < 1.29 is 14.3 Å². The summed E-state index contributed by atoms with van der Waals surface area (Å²) in [6.07, 6.45) is 1.74. The van der Waals surface area contributed by atoms with E-state index in [1.165, 1.54) is 0 Å². The third-order valence-electron chi connectivity index (χ3n) is 3.86. The maximum absolute atomic E-state index is 11.6. The monoisotopic (exact) mass is 272 g/mol. The minimum Gasteiger partial charge on any atom is -0.443 e. The molecule has 1 aliphatic carbocycles. The lowest BCUT2D eigenvalue weighted by atomic mass is 9.62. The molecular weight excluding hydrogens is 244 g/mol. The average Bonchev–Trinajstić information content (AvgIpc) is 2.29. The van der Waals surface area contributed by atoms with Gasteiger partial charge in [0.05, 0.1) is 6.10 Å². The fraction of sp³-hybridized carbons (Fsp3) is 0.929. The first-order chi connectivity index (χ1) is 8.73. The number of carbonyl (C=O) groups excluding carboxylic acids is 1. The number of rotatable bonds is 5. The molecule has 2 N–H and O–H groups in total. The zero-order valence-electron chi connectivity index (χ0n) is 13.0. The van der Waals surface area contributed by atoms with E-state index >= 15 is 0 Å². The first kappa shape index (κ1) is 16.2.